The van der Waals surface area contributed by atoms with Gasteiger partial charge in [-0.3, -0.25) is 4.79 Å². The van der Waals surface area contributed by atoms with Crippen LogP contribution in [0.3, 0.4) is 0 Å². The Morgan fingerprint density at radius 2 is 1.89 bits per heavy atom. The van der Waals surface area contributed by atoms with Gasteiger partial charge in [0.25, 0.3) is 0 Å². The summed E-state index contributed by atoms with van der Waals surface area (Å²) in [5.74, 6) is 0.201. The second-order valence-corrected chi connectivity index (χ2v) is 6.44. The molecule has 0 aliphatic carbocycles. The molecule has 1 unspecified atom stereocenters. The molecule has 0 radical (unpaired) electrons. The van der Waals surface area contributed by atoms with Crippen LogP contribution in [0, 0.1) is 0 Å². The maximum atomic E-state index is 12.2. The molecule has 19 heavy (non-hydrogen) atoms. The van der Waals surface area contributed by atoms with Crippen molar-refractivity contribution in [2.24, 2.45) is 0 Å². The summed E-state index contributed by atoms with van der Waals surface area (Å²) in [4.78, 5) is 12.2. The highest BCUT2D eigenvalue weighted by molar-refractivity contribution is 5.96. The van der Waals surface area contributed by atoms with Crippen LogP contribution in [-0.2, 0) is 10.2 Å². The summed E-state index contributed by atoms with van der Waals surface area (Å²) in [5.41, 5.74) is 2.20. The third-order valence-electron chi connectivity index (χ3n) is 3.76. The predicted molar refractivity (Wildman–Crippen MR) is 77.7 cm³/mol. The molecule has 2 nitrogen and oxygen atoms in total. The van der Waals surface area contributed by atoms with Gasteiger partial charge in [0.15, 0.2) is 5.78 Å². The van der Waals surface area contributed by atoms with E-state index in [2.05, 4.69) is 32.9 Å². The summed E-state index contributed by atoms with van der Waals surface area (Å²) in [6.07, 6.45) is 3.98. The van der Waals surface area contributed by atoms with Crippen LogP contribution in [0.5, 0.6) is 0 Å². The number of benzene rings is 1. The van der Waals surface area contributed by atoms with E-state index in [1.165, 1.54) is 12.0 Å². The number of ketones is 1. The monoisotopic (exact) mass is 260 g/mol. The molecule has 1 aromatic carbocycles. The molecule has 0 saturated carbocycles. The quantitative estimate of drug-likeness (QED) is 0.764. The summed E-state index contributed by atoms with van der Waals surface area (Å²) < 4.78 is 5.63. The third kappa shape index (κ3) is 3.90. The lowest BCUT2D eigenvalue weighted by atomic mass is 9.86. The Morgan fingerprint density at radius 3 is 2.42 bits per heavy atom. The molecule has 1 fully saturated rings. The van der Waals surface area contributed by atoms with Gasteiger partial charge in [0.2, 0.25) is 0 Å². The van der Waals surface area contributed by atoms with Crippen molar-refractivity contribution in [3.8, 4) is 0 Å². The van der Waals surface area contributed by atoms with Crippen LogP contribution in [0.25, 0.3) is 0 Å². The maximum Gasteiger partial charge on any atom is 0.165 e. The standard InChI is InChI=1S/C17H24O2/c1-17(2,3)14-9-7-13(8-10-14)16(18)12-15-6-4-5-11-19-15/h7-10,15H,4-6,11-12H2,1-3H3. The second-order valence-electron chi connectivity index (χ2n) is 6.44. The molecule has 0 spiro atoms. The van der Waals surface area contributed by atoms with E-state index in [-0.39, 0.29) is 17.3 Å². The third-order valence-corrected chi connectivity index (χ3v) is 3.76. The Bertz CT molecular complexity index is 420. The molecule has 104 valence electrons. The molecule has 1 aromatic rings. The van der Waals surface area contributed by atoms with E-state index in [0.29, 0.717) is 6.42 Å². The molecule has 1 heterocycles. The van der Waals surface area contributed by atoms with Crippen molar-refractivity contribution in [1.82, 2.24) is 0 Å². The number of Topliss-reactive ketones (excluding diaryl/α,β-unsaturated/α-hetero) is 1. The summed E-state index contributed by atoms with van der Waals surface area (Å²) in [6.45, 7) is 7.35. The van der Waals surface area contributed by atoms with E-state index in [4.69, 9.17) is 4.74 Å². The fraction of sp³-hybridized carbons (Fsp3) is 0.588. The van der Waals surface area contributed by atoms with Gasteiger partial charge in [-0.05, 0) is 30.2 Å². The molecular formula is C17H24O2. The molecule has 1 atom stereocenters. The van der Waals surface area contributed by atoms with Crippen molar-refractivity contribution >= 4 is 5.78 Å². The van der Waals surface area contributed by atoms with Crippen LogP contribution < -0.4 is 0 Å². The van der Waals surface area contributed by atoms with Crippen molar-refractivity contribution in [3.05, 3.63) is 35.4 Å². The summed E-state index contributed by atoms with van der Waals surface area (Å²) in [6, 6.07) is 8.03. The molecule has 2 rings (SSSR count). The fourth-order valence-corrected chi connectivity index (χ4v) is 2.45. The topological polar surface area (TPSA) is 26.3 Å². The van der Waals surface area contributed by atoms with Gasteiger partial charge in [-0.1, -0.05) is 45.0 Å². The van der Waals surface area contributed by atoms with Gasteiger partial charge in [0.05, 0.1) is 6.10 Å². The van der Waals surface area contributed by atoms with Crippen molar-refractivity contribution in [2.75, 3.05) is 6.61 Å². The zero-order valence-corrected chi connectivity index (χ0v) is 12.2. The molecule has 0 amide bonds. The molecule has 0 bridgehead atoms. The van der Waals surface area contributed by atoms with Crippen molar-refractivity contribution in [1.29, 1.82) is 0 Å². The van der Waals surface area contributed by atoms with Crippen molar-refractivity contribution in [2.45, 2.75) is 58.0 Å². The SMILES string of the molecule is CC(C)(C)c1ccc(C(=O)CC2CCCCO2)cc1. The highest BCUT2D eigenvalue weighted by Crippen LogP contribution is 2.23. The molecule has 0 N–H and O–H groups in total. The first kappa shape index (κ1) is 14.3. The zero-order valence-electron chi connectivity index (χ0n) is 12.2. The minimum absolute atomic E-state index is 0.128. The maximum absolute atomic E-state index is 12.2. The Labute approximate surface area is 116 Å². The van der Waals surface area contributed by atoms with Crippen LogP contribution in [0.15, 0.2) is 24.3 Å². The number of hydrogen-bond acceptors (Lipinski definition) is 2. The van der Waals surface area contributed by atoms with E-state index < -0.39 is 0 Å². The molecule has 1 saturated heterocycles. The van der Waals surface area contributed by atoms with Crippen LogP contribution >= 0.6 is 0 Å². The molecule has 1 aliphatic heterocycles. The first-order chi connectivity index (χ1) is 8.97. The number of ether oxygens (including phenoxy) is 1. The van der Waals surface area contributed by atoms with Gasteiger partial charge < -0.3 is 4.74 Å². The number of carbonyl (C=O) groups is 1. The highest BCUT2D eigenvalue weighted by atomic mass is 16.5. The lowest BCUT2D eigenvalue weighted by Crippen LogP contribution is -2.22. The van der Waals surface area contributed by atoms with Gasteiger partial charge in [0.1, 0.15) is 0 Å². The Hall–Kier alpha value is -1.15. The fourth-order valence-electron chi connectivity index (χ4n) is 2.45. The second kappa shape index (κ2) is 5.87. The zero-order chi connectivity index (χ0) is 13.9. The predicted octanol–water partition coefficient (Wildman–Crippen LogP) is 4.13. The average molecular weight is 260 g/mol. The van der Waals surface area contributed by atoms with Crippen LogP contribution in [0.2, 0.25) is 0 Å². The molecule has 0 aromatic heterocycles. The van der Waals surface area contributed by atoms with Gasteiger partial charge in [-0.2, -0.15) is 0 Å². The largest absolute Gasteiger partial charge is 0.378 e. The highest BCUT2D eigenvalue weighted by Gasteiger charge is 2.19. The first-order valence-electron chi connectivity index (χ1n) is 7.22. The van der Waals surface area contributed by atoms with Gasteiger partial charge in [-0.15, -0.1) is 0 Å². The van der Waals surface area contributed by atoms with Gasteiger partial charge in [0, 0.05) is 18.6 Å². The Kier molecular flexibility index (Phi) is 4.41. The number of carbonyl (C=O) groups excluding carboxylic acids is 1. The lowest BCUT2D eigenvalue weighted by Gasteiger charge is -2.22. The van der Waals surface area contributed by atoms with Crippen LogP contribution in [-0.4, -0.2) is 18.5 Å². The van der Waals surface area contributed by atoms with E-state index in [0.717, 1.165) is 25.0 Å². The lowest BCUT2D eigenvalue weighted by molar-refractivity contribution is 0.0129. The Morgan fingerprint density at radius 1 is 1.21 bits per heavy atom. The van der Waals surface area contributed by atoms with Crippen molar-refractivity contribution in [3.63, 3.8) is 0 Å². The van der Waals surface area contributed by atoms with E-state index in [9.17, 15) is 4.79 Å². The van der Waals surface area contributed by atoms with E-state index in [1.54, 1.807) is 0 Å². The smallest absolute Gasteiger partial charge is 0.165 e. The van der Waals surface area contributed by atoms with Gasteiger partial charge >= 0.3 is 0 Å². The molecule has 2 heteroatoms. The molecule has 1 aliphatic rings. The van der Waals surface area contributed by atoms with Crippen LogP contribution in [0.1, 0.15) is 62.4 Å². The van der Waals surface area contributed by atoms with E-state index >= 15 is 0 Å². The first-order valence-corrected chi connectivity index (χ1v) is 7.22. The molecular weight excluding hydrogens is 236 g/mol. The van der Waals surface area contributed by atoms with E-state index in [1.807, 2.05) is 12.1 Å². The summed E-state index contributed by atoms with van der Waals surface area (Å²) >= 11 is 0. The average Bonchev–Trinajstić information content (AvgIpc) is 2.39. The van der Waals surface area contributed by atoms with Gasteiger partial charge in [-0.25, -0.2) is 0 Å². The summed E-state index contributed by atoms with van der Waals surface area (Å²) in [7, 11) is 0. The minimum Gasteiger partial charge on any atom is -0.378 e. The number of hydrogen-bond donors (Lipinski definition) is 0. The summed E-state index contributed by atoms with van der Waals surface area (Å²) in [5, 5.41) is 0. The Balaban J connectivity index is 1.99. The normalized spacial score (nSPS) is 20.3. The van der Waals surface area contributed by atoms with Crippen LogP contribution in [0.4, 0.5) is 0 Å². The minimum atomic E-state index is 0.128. The number of rotatable bonds is 3. The van der Waals surface area contributed by atoms with Crippen molar-refractivity contribution < 1.29 is 9.53 Å².